The molecule has 9 aromatic carbocycles. The zero-order valence-corrected chi connectivity index (χ0v) is 30.5. The third-order valence-corrected chi connectivity index (χ3v) is 11.9. The summed E-state index contributed by atoms with van der Waals surface area (Å²) in [4.78, 5) is 0. The van der Waals surface area contributed by atoms with Crippen LogP contribution in [0.1, 0.15) is 27.8 Å². The summed E-state index contributed by atoms with van der Waals surface area (Å²) in [5.74, 6) is 0. The summed E-state index contributed by atoms with van der Waals surface area (Å²) in [6.45, 7) is 0. The van der Waals surface area contributed by atoms with Crippen LogP contribution in [0, 0.1) is 11.3 Å². The van der Waals surface area contributed by atoms with Gasteiger partial charge >= 0.3 is 0 Å². The Morgan fingerprint density at radius 3 is 1.88 bits per heavy atom. The van der Waals surface area contributed by atoms with Gasteiger partial charge in [0.1, 0.15) is 0 Å². The molecule has 0 aliphatic heterocycles. The highest BCUT2D eigenvalue weighted by molar-refractivity contribution is 6.22. The van der Waals surface area contributed by atoms with Crippen LogP contribution in [0.3, 0.4) is 0 Å². The van der Waals surface area contributed by atoms with Crippen molar-refractivity contribution < 1.29 is 0 Å². The van der Waals surface area contributed by atoms with Gasteiger partial charge in [-0.15, -0.1) is 0 Å². The van der Waals surface area contributed by atoms with Crippen LogP contribution >= 0.6 is 0 Å². The molecule has 0 atom stereocenters. The summed E-state index contributed by atoms with van der Waals surface area (Å²) in [6, 6.07) is 76.9. The molecule has 1 heterocycles. The Kier molecular flexibility index (Phi) is 7.18. The van der Waals surface area contributed by atoms with E-state index in [-0.39, 0.29) is 0 Å². The number of fused-ring (bicyclic) bond motifs is 8. The molecule has 11 rings (SSSR count). The number of para-hydroxylation sites is 1. The molecule has 0 bridgehead atoms. The molecule has 2 nitrogen and oxygen atoms in total. The number of hydrogen-bond donors (Lipinski definition) is 0. The van der Waals surface area contributed by atoms with E-state index in [1.807, 2.05) is 12.1 Å². The fourth-order valence-corrected chi connectivity index (χ4v) is 9.63. The number of nitrogens with zero attached hydrogens (tertiary/aromatic N) is 2. The van der Waals surface area contributed by atoms with E-state index in [9.17, 15) is 5.26 Å². The van der Waals surface area contributed by atoms with Crippen molar-refractivity contribution >= 4 is 32.6 Å². The van der Waals surface area contributed by atoms with E-state index in [0.717, 1.165) is 33.5 Å². The largest absolute Gasteiger partial charge is 0.309 e. The first-order valence-electron chi connectivity index (χ1n) is 19.2. The fourth-order valence-electron chi connectivity index (χ4n) is 9.63. The van der Waals surface area contributed by atoms with Gasteiger partial charge in [0.2, 0.25) is 0 Å². The van der Waals surface area contributed by atoms with Crippen molar-refractivity contribution in [1.29, 1.82) is 5.26 Å². The summed E-state index contributed by atoms with van der Waals surface area (Å²) in [5.41, 5.74) is 15.4. The highest BCUT2D eigenvalue weighted by Gasteiger charge is 2.47. The second kappa shape index (κ2) is 12.6. The molecule has 0 saturated carbocycles. The molecule has 0 fully saturated rings. The monoisotopic (exact) mass is 710 g/mol. The molecular weight excluding hydrogens is 677 g/mol. The zero-order valence-electron chi connectivity index (χ0n) is 30.5. The topological polar surface area (TPSA) is 28.7 Å². The standard InChI is InChI=1S/C54H34N2/c55-35-36-15-14-17-39(33-36)51-44(29-30-48-53(51)45-25-12-13-26-47(45)54(48,40-18-4-1-5-19-40)41-20-6-2-7-21-41)38-28-31-49-46(34-38)52-43-24-11-10-16-37(43)27-32-50(52)56(49)42-22-8-3-9-23-42/h1-34H. The number of nitriles is 1. The first-order valence-corrected chi connectivity index (χ1v) is 19.2. The molecule has 0 spiro atoms. The fraction of sp³-hybridized carbons (Fsp3) is 0.0185. The molecule has 1 aliphatic carbocycles. The second-order valence-corrected chi connectivity index (χ2v) is 14.7. The Morgan fingerprint density at radius 2 is 1.11 bits per heavy atom. The van der Waals surface area contributed by atoms with E-state index >= 15 is 0 Å². The maximum absolute atomic E-state index is 10.2. The quantitative estimate of drug-likeness (QED) is 0.175. The summed E-state index contributed by atoms with van der Waals surface area (Å²) in [5, 5.41) is 15.1. The van der Waals surface area contributed by atoms with Gasteiger partial charge in [-0.25, -0.2) is 0 Å². The molecule has 56 heavy (non-hydrogen) atoms. The van der Waals surface area contributed by atoms with Gasteiger partial charge < -0.3 is 4.57 Å². The molecule has 10 aromatic rings. The lowest BCUT2D eigenvalue weighted by atomic mass is 9.67. The first-order chi connectivity index (χ1) is 27.8. The van der Waals surface area contributed by atoms with Crippen molar-refractivity contribution in [3.63, 3.8) is 0 Å². The van der Waals surface area contributed by atoms with Crippen molar-refractivity contribution in [2.75, 3.05) is 0 Å². The SMILES string of the molecule is N#Cc1cccc(-c2c(-c3ccc4c(c3)c3c5ccccc5ccc3n4-c3ccccc3)ccc3c2-c2ccccc2C3(c2ccccc2)c2ccccc2)c1. The van der Waals surface area contributed by atoms with Crippen molar-refractivity contribution in [1.82, 2.24) is 4.57 Å². The Morgan fingerprint density at radius 1 is 0.429 bits per heavy atom. The third kappa shape index (κ3) is 4.55. The summed E-state index contributed by atoms with van der Waals surface area (Å²) in [7, 11) is 0. The van der Waals surface area contributed by atoms with Crippen LogP contribution in [0.2, 0.25) is 0 Å². The van der Waals surface area contributed by atoms with E-state index in [0.29, 0.717) is 5.56 Å². The maximum atomic E-state index is 10.2. The highest BCUT2D eigenvalue weighted by Crippen LogP contribution is 2.59. The molecule has 0 radical (unpaired) electrons. The average Bonchev–Trinajstić information content (AvgIpc) is 3.78. The van der Waals surface area contributed by atoms with E-state index < -0.39 is 5.41 Å². The lowest BCUT2D eigenvalue weighted by molar-refractivity contribution is 0.768. The minimum absolute atomic E-state index is 0.541. The second-order valence-electron chi connectivity index (χ2n) is 14.7. The maximum Gasteiger partial charge on any atom is 0.0991 e. The Hall–Kier alpha value is -7.47. The number of rotatable bonds is 5. The van der Waals surface area contributed by atoms with Crippen LogP contribution in [0.4, 0.5) is 0 Å². The normalized spacial score (nSPS) is 12.8. The van der Waals surface area contributed by atoms with Gasteiger partial charge in [0, 0.05) is 16.5 Å². The predicted molar refractivity (Wildman–Crippen MR) is 231 cm³/mol. The van der Waals surface area contributed by atoms with Crippen LogP contribution in [0.5, 0.6) is 0 Å². The minimum Gasteiger partial charge on any atom is -0.309 e. The van der Waals surface area contributed by atoms with Gasteiger partial charge in [-0.1, -0.05) is 164 Å². The molecule has 0 amide bonds. The number of aromatic nitrogens is 1. The summed E-state index contributed by atoms with van der Waals surface area (Å²) >= 11 is 0. The van der Waals surface area contributed by atoms with E-state index in [1.165, 1.54) is 60.4 Å². The van der Waals surface area contributed by atoms with Crippen molar-refractivity contribution in [2.24, 2.45) is 0 Å². The van der Waals surface area contributed by atoms with Crippen LogP contribution in [0.15, 0.2) is 206 Å². The first kappa shape index (κ1) is 32.0. The lowest BCUT2D eigenvalue weighted by Gasteiger charge is -2.34. The molecule has 0 saturated heterocycles. The van der Waals surface area contributed by atoms with E-state index in [4.69, 9.17) is 0 Å². The van der Waals surface area contributed by atoms with Crippen LogP contribution < -0.4 is 0 Å². The molecule has 0 N–H and O–H groups in total. The van der Waals surface area contributed by atoms with Gasteiger partial charge in [-0.3, -0.25) is 0 Å². The summed E-state index contributed by atoms with van der Waals surface area (Å²) in [6.07, 6.45) is 0. The minimum atomic E-state index is -0.541. The van der Waals surface area contributed by atoms with Gasteiger partial charge in [0.25, 0.3) is 0 Å². The molecule has 0 unspecified atom stereocenters. The molecule has 1 aromatic heterocycles. The average molecular weight is 711 g/mol. The molecule has 2 heteroatoms. The van der Waals surface area contributed by atoms with E-state index in [2.05, 4.69) is 205 Å². The Balaban J connectivity index is 1.27. The number of hydrogen-bond acceptors (Lipinski definition) is 1. The molecule has 260 valence electrons. The highest BCUT2D eigenvalue weighted by atomic mass is 15.0. The lowest BCUT2D eigenvalue weighted by Crippen LogP contribution is -2.28. The predicted octanol–water partition coefficient (Wildman–Crippen LogP) is 13.5. The third-order valence-electron chi connectivity index (χ3n) is 11.9. The zero-order chi connectivity index (χ0) is 37.2. The van der Waals surface area contributed by atoms with Gasteiger partial charge in [0.15, 0.2) is 0 Å². The van der Waals surface area contributed by atoms with Crippen LogP contribution in [0.25, 0.3) is 71.6 Å². The van der Waals surface area contributed by atoms with Crippen molar-refractivity contribution in [2.45, 2.75) is 5.41 Å². The molecule has 1 aliphatic rings. The summed E-state index contributed by atoms with van der Waals surface area (Å²) < 4.78 is 2.39. The van der Waals surface area contributed by atoms with Gasteiger partial charge in [-0.05, 0) is 109 Å². The Bertz CT molecular complexity index is 3150. The number of benzene rings is 9. The van der Waals surface area contributed by atoms with E-state index in [1.54, 1.807) is 0 Å². The van der Waals surface area contributed by atoms with Crippen molar-refractivity contribution in [3.05, 3.63) is 234 Å². The van der Waals surface area contributed by atoms with Crippen LogP contribution in [-0.4, -0.2) is 4.57 Å². The van der Waals surface area contributed by atoms with Crippen LogP contribution in [-0.2, 0) is 5.41 Å². The van der Waals surface area contributed by atoms with Gasteiger partial charge in [-0.2, -0.15) is 5.26 Å². The smallest absolute Gasteiger partial charge is 0.0991 e. The molecular formula is C54H34N2. The van der Waals surface area contributed by atoms with Crippen molar-refractivity contribution in [3.8, 4) is 45.1 Å². The Labute approximate surface area is 325 Å². The van der Waals surface area contributed by atoms with Gasteiger partial charge in [0.05, 0.1) is 28.1 Å².